The van der Waals surface area contributed by atoms with Crippen molar-refractivity contribution in [3.63, 3.8) is 0 Å². The SMILES string of the molecule is CC1(C)[C@@H](O[C@@H]2O[C@H](C(=O)O)[C@@H](O)[C@H](O)[C@H]2O)CC[C@]2(C)[C@H]3CC=C4[C@@]56C=CC[C@@](C)(CC[C@]5(C(=O)O)CC[C@@]4(C)[C@]3(C)CC[C@@H]12)C6. The minimum Gasteiger partial charge on any atom is -0.481 e. The van der Waals surface area contributed by atoms with E-state index in [1.54, 1.807) is 0 Å². The van der Waals surface area contributed by atoms with E-state index in [0.29, 0.717) is 18.8 Å². The van der Waals surface area contributed by atoms with Crippen molar-refractivity contribution in [1.29, 1.82) is 0 Å². The van der Waals surface area contributed by atoms with Crippen molar-refractivity contribution in [1.82, 2.24) is 0 Å². The smallest absolute Gasteiger partial charge is 0.335 e. The molecule has 2 bridgehead atoms. The van der Waals surface area contributed by atoms with Gasteiger partial charge in [-0.1, -0.05) is 65.3 Å². The first-order chi connectivity index (χ1) is 21.8. The van der Waals surface area contributed by atoms with Crippen LogP contribution in [0.15, 0.2) is 23.8 Å². The van der Waals surface area contributed by atoms with Crippen LogP contribution in [0.5, 0.6) is 0 Å². The van der Waals surface area contributed by atoms with E-state index in [-0.39, 0.29) is 39.1 Å². The molecule has 1 spiro atoms. The Morgan fingerprint density at radius 2 is 1.55 bits per heavy atom. The number of carbonyl (C=O) groups is 2. The minimum atomic E-state index is -1.75. The summed E-state index contributed by atoms with van der Waals surface area (Å²) in [6.45, 7) is 14.2. The zero-order chi connectivity index (χ0) is 34.2. The lowest BCUT2D eigenvalue weighted by atomic mass is 9.30. The van der Waals surface area contributed by atoms with Gasteiger partial charge in [-0.3, -0.25) is 4.79 Å². The Bertz CT molecular complexity index is 1400. The lowest BCUT2D eigenvalue weighted by Gasteiger charge is -2.73. The van der Waals surface area contributed by atoms with Gasteiger partial charge in [-0.2, -0.15) is 0 Å². The predicted octanol–water partition coefficient (Wildman–Crippen LogP) is 5.46. The first-order valence-corrected chi connectivity index (χ1v) is 18.0. The van der Waals surface area contributed by atoms with Crippen molar-refractivity contribution in [3.8, 4) is 0 Å². The molecule has 0 aromatic rings. The fraction of sp³-hybridized carbons (Fsp3) is 0.842. The number of fused-ring (bicyclic) bond motifs is 6. The molecule has 6 aliphatic carbocycles. The van der Waals surface area contributed by atoms with Gasteiger partial charge in [-0.25, -0.2) is 4.79 Å². The highest BCUT2D eigenvalue weighted by atomic mass is 16.7. The van der Waals surface area contributed by atoms with Gasteiger partial charge in [0, 0.05) is 5.41 Å². The van der Waals surface area contributed by atoms with Crippen LogP contribution in [-0.4, -0.2) is 74.3 Å². The second kappa shape index (κ2) is 10.4. The van der Waals surface area contributed by atoms with Crippen molar-refractivity contribution in [3.05, 3.63) is 23.8 Å². The van der Waals surface area contributed by atoms with E-state index in [1.165, 1.54) is 5.57 Å². The van der Waals surface area contributed by atoms with E-state index >= 15 is 0 Å². The summed E-state index contributed by atoms with van der Waals surface area (Å²) in [4.78, 5) is 25.0. The fourth-order valence-electron chi connectivity index (χ4n) is 13.4. The number of carboxylic acids is 2. The van der Waals surface area contributed by atoms with Crippen molar-refractivity contribution in [2.45, 2.75) is 149 Å². The van der Waals surface area contributed by atoms with Crippen LogP contribution in [0.4, 0.5) is 0 Å². The molecular weight excluding hydrogens is 600 g/mol. The summed E-state index contributed by atoms with van der Waals surface area (Å²) < 4.78 is 11.9. The van der Waals surface area contributed by atoms with Crippen molar-refractivity contribution >= 4 is 11.9 Å². The Morgan fingerprint density at radius 1 is 0.851 bits per heavy atom. The highest BCUT2D eigenvalue weighted by Gasteiger charge is 2.73. The van der Waals surface area contributed by atoms with E-state index in [2.05, 4.69) is 59.8 Å². The molecule has 5 fully saturated rings. The highest BCUT2D eigenvalue weighted by molar-refractivity contribution is 5.79. The standard InChI is InChI=1S/C38H56O9/c1-32(2)21-10-15-35(5)22(34(21,4)14-11-24(32)46-30-27(41)25(39)26(40)28(47-30)29(42)43)8-9-23-36(35,6)17-19-37(31(44)45)18-16-33(3)12-7-13-38(23,37)20-33/h7,9,13,21-22,24-28,30,39-41H,8,10-12,14-20H2,1-6H3,(H,42,43)(H,44,45)/t21-,22+,24-,25-,26-,27+,28-,30+,33-,34-,35+,36+,37+,38-/m0/s1. The van der Waals surface area contributed by atoms with Gasteiger partial charge >= 0.3 is 11.9 Å². The molecule has 1 saturated heterocycles. The summed E-state index contributed by atoms with van der Waals surface area (Å²) in [6.07, 6.45) is 8.48. The molecular formula is C38H56O9. The summed E-state index contributed by atoms with van der Waals surface area (Å²) in [6, 6.07) is 0. The zero-order valence-corrected chi connectivity index (χ0v) is 29.0. The normalized spacial score (nSPS) is 54.6. The molecule has 0 radical (unpaired) electrons. The average Bonchev–Trinajstić information content (AvgIpc) is 2.98. The fourth-order valence-corrected chi connectivity index (χ4v) is 13.4. The monoisotopic (exact) mass is 656 g/mol. The predicted molar refractivity (Wildman–Crippen MR) is 173 cm³/mol. The van der Waals surface area contributed by atoms with Crippen LogP contribution in [-0.2, 0) is 19.1 Å². The molecule has 9 nitrogen and oxygen atoms in total. The van der Waals surface area contributed by atoms with Gasteiger partial charge in [0.05, 0.1) is 11.5 Å². The van der Waals surface area contributed by atoms with Gasteiger partial charge in [0.2, 0.25) is 0 Å². The lowest BCUT2D eigenvalue weighted by Crippen LogP contribution is -2.68. The number of aliphatic carboxylic acids is 2. The molecule has 0 aromatic carbocycles. The summed E-state index contributed by atoms with van der Waals surface area (Å²) in [5, 5.41) is 51.8. The van der Waals surface area contributed by atoms with Crippen LogP contribution in [0.2, 0.25) is 0 Å². The van der Waals surface area contributed by atoms with E-state index in [9.17, 15) is 35.1 Å². The number of ether oxygens (including phenoxy) is 2. The van der Waals surface area contributed by atoms with Gasteiger partial charge < -0.3 is 35.0 Å². The number of allylic oxidation sites excluding steroid dienone is 4. The third-order valence-electron chi connectivity index (χ3n) is 16.2. The Kier molecular flexibility index (Phi) is 7.44. The van der Waals surface area contributed by atoms with Crippen LogP contribution in [0.3, 0.4) is 0 Å². The Labute approximate surface area is 278 Å². The number of hydrogen-bond acceptors (Lipinski definition) is 7. The molecule has 0 unspecified atom stereocenters. The molecule has 0 amide bonds. The lowest BCUT2D eigenvalue weighted by molar-refractivity contribution is -0.324. The Hall–Kier alpha value is -1.78. The van der Waals surface area contributed by atoms with Gasteiger partial charge in [-0.15, -0.1) is 0 Å². The molecule has 14 atom stereocenters. The zero-order valence-electron chi connectivity index (χ0n) is 29.0. The second-order valence-corrected chi connectivity index (χ2v) is 18.4. The van der Waals surface area contributed by atoms with Crippen molar-refractivity contribution in [2.75, 3.05) is 0 Å². The van der Waals surface area contributed by atoms with Crippen LogP contribution in [0.25, 0.3) is 0 Å². The number of aliphatic hydroxyl groups is 3. The van der Waals surface area contributed by atoms with Crippen molar-refractivity contribution in [2.24, 2.45) is 49.7 Å². The van der Waals surface area contributed by atoms with E-state index in [4.69, 9.17) is 9.47 Å². The molecule has 47 heavy (non-hydrogen) atoms. The Balaban J connectivity index is 1.21. The van der Waals surface area contributed by atoms with Gasteiger partial charge in [-0.05, 0) is 110 Å². The van der Waals surface area contributed by atoms with Gasteiger partial charge in [0.15, 0.2) is 12.4 Å². The molecule has 1 aliphatic heterocycles. The largest absolute Gasteiger partial charge is 0.481 e. The highest BCUT2D eigenvalue weighted by Crippen LogP contribution is 2.79. The maximum atomic E-state index is 13.3. The molecule has 7 rings (SSSR count). The molecule has 4 saturated carbocycles. The molecule has 1 heterocycles. The molecule has 0 aromatic heterocycles. The van der Waals surface area contributed by atoms with E-state index in [1.807, 2.05) is 0 Å². The minimum absolute atomic E-state index is 0.0116. The maximum Gasteiger partial charge on any atom is 0.335 e. The van der Waals surface area contributed by atoms with E-state index in [0.717, 1.165) is 57.8 Å². The van der Waals surface area contributed by atoms with Gasteiger partial charge in [0.25, 0.3) is 0 Å². The van der Waals surface area contributed by atoms with Crippen molar-refractivity contribution < 1.29 is 44.6 Å². The first-order valence-electron chi connectivity index (χ1n) is 18.0. The molecule has 7 aliphatic rings. The Morgan fingerprint density at radius 3 is 2.23 bits per heavy atom. The number of carboxylic acid groups (broad SMARTS) is 2. The first kappa shape index (κ1) is 33.7. The van der Waals surface area contributed by atoms with Crippen LogP contribution in [0.1, 0.15) is 112 Å². The number of rotatable bonds is 4. The molecule has 9 heteroatoms. The average molecular weight is 657 g/mol. The summed E-state index contributed by atoms with van der Waals surface area (Å²) in [5.41, 5.74) is -0.157. The van der Waals surface area contributed by atoms with Crippen LogP contribution >= 0.6 is 0 Å². The van der Waals surface area contributed by atoms with Crippen LogP contribution < -0.4 is 0 Å². The van der Waals surface area contributed by atoms with E-state index < -0.39 is 53.5 Å². The maximum absolute atomic E-state index is 13.3. The summed E-state index contributed by atoms with van der Waals surface area (Å²) in [5.74, 6) is -1.37. The molecule has 5 N–H and O–H groups in total. The topological polar surface area (TPSA) is 154 Å². The summed E-state index contributed by atoms with van der Waals surface area (Å²) in [7, 11) is 0. The number of aliphatic hydroxyl groups excluding tert-OH is 3. The second-order valence-electron chi connectivity index (χ2n) is 18.4. The third kappa shape index (κ3) is 4.19. The number of hydrogen-bond donors (Lipinski definition) is 5. The molecule has 262 valence electrons. The van der Waals surface area contributed by atoms with Crippen LogP contribution in [0, 0.1) is 49.7 Å². The quantitative estimate of drug-likeness (QED) is 0.196. The third-order valence-corrected chi connectivity index (χ3v) is 16.2. The van der Waals surface area contributed by atoms with Gasteiger partial charge in [0.1, 0.15) is 18.3 Å². The summed E-state index contributed by atoms with van der Waals surface area (Å²) >= 11 is 0.